The number of rotatable bonds is 8. The Bertz CT molecular complexity index is 904. The molecule has 1 N–H and O–H groups in total. The molecule has 0 aromatic heterocycles. The normalized spacial score (nSPS) is 11.9. The van der Waals surface area contributed by atoms with Crippen LogP contribution in [0.25, 0.3) is 10.8 Å². The predicted octanol–water partition coefficient (Wildman–Crippen LogP) is 4.97. The third-order valence-corrected chi connectivity index (χ3v) is 5.35. The van der Waals surface area contributed by atoms with Gasteiger partial charge in [0, 0.05) is 23.4 Å². The van der Waals surface area contributed by atoms with Gasteiger partial charge in [0.2, 0.25) is 0 Å². The maximum atomic E-state index is 12.3. The van der Waals surface area contributed by atoms with Crippen molar-refractivity contribution in [1.82, 2.24) is 5.32 Å². The molecule has 140 valence electrons. The van der Waals surface area contributed by atoms with Crippen LogP contribution in [0, 0.1) is 6.92 Å². The van der Waals surface area contributed by atoms with Crippen molar-refractivity contribution in [3.05, 3.63) is 77.9 Å². The number of hydrogen-bond acceptors (Lipinski definition) is 3. The molecular weight excluding hydrogens is 354 g/mol. The molecule has 0 heterocycles. The van der Waals surface area contributed by atoms with Crippen LogP contribution in [0.1, 0.15) is 18.1 Å². The van der Waals surface area contributed by atoms with Crippen LogP contribution in [0.4, 0.5) is 0 Å². The van der Waals surface area contributed by atoms with E-state index in [9.17, 15) is 4.79 Å². The van der Waals surface area contributed by atoms with Gasteiger partial charge in [0.1, 0.15) is 5.75 Å². The molecule has 4 heteroatoms. The smallest absolute Gasteiger partial charge is 0.260 e. The summed E-state index contributed by atoms with van der Waals surface area (Å²) >= 11 is 1.82. The van der Waals surface area contributed by atoms with Gasteiger partial charge in [-0.05, 0) is 30.9 Å². The fourth-order valence-electron chi connectivity index (χ4n) is 2.92. The molecule has 0 unspecified atom stereocenters. The van der Waals surface area contributed by atoms with E-state index in [0.717, 1.165) is 28.0 Å². The fraction of sp³-hybridized carbons (Fsp3) is 0.261. The standard InChI is InChI=1S/C23H25NO2S/c1-17-7-5-8-19(15-17)16-27-14-13-24-23(25)18(2)26-22-12-6-10-20-9-3-4-11-21(20)22/h3-12,15,18H,13-14,16H2,1-2H3,(H,24,25)/t18-/m0/s1. The lowest BCUT2D eigenvalue weighted by Crippen LogP contribution is -2.37. The van der Waals surface area contributed by atoms with E-state index in [-0.39, 0.29) is 5.91 Å². The summed E-state index contributed by atoms with van der Waals surface area (Å²) in [5.74, 6) is 2.49. The van der Waals surface area contributed by atoms with Crippen molar-refractivity contribution in [1.29, 1.82) is 0 Å². The molecule has 0 aliphatic heterocycles. The number of carbonyl (C=O) groups is 1. The molecule has 0 spiro atoms. The third kappa shape index (κ3) is 5.51. The van der Waals surface area contributed by atoms with Gasteiger partial charge in [-0.1, -0.05) is 66.2 Å². The number of aryl methyl sites for hydroxylation is 1. The van der Waals surface area contributed by atoms with Crippen molar-refractivity contribution in [2.45, 2.75) is 25.7 Å². The van der Waals surface area contributed by atoms with Crippen LogP contribution in [0.2, 0.25) is 0 Å². The van der Waals surface area contributed by atoms with Crippen molar-refractivity contribution in [2.75, 3.05) is 12.3 Å². The second-order valence-corrected chi connectivity index (χ2v) is 7.68. The SMILES string of the molecule is Cc1cccc(CSCCNC(=O)[C@H](C)Oc2cccc3ccccc23)c1. The van der Waals surface area contributed by atoms with E-state index in [0.29, 0.717) is 6.54 Å². The highest BCUT2D eigenvalue weighted by molar-refractivity contribution is 7.98. The number of carbonyl (C=O) groups excluding carboxylic acids is 1. The van der Waals surface area contributed by atoms with E-state index in [1.807, 2.05) is 54.2 Å². The molecule has 3 aromatic carbocycles. The molecule has 3 aromatic rings. The Kier molecular flexibility index (Phi) is 6.77. The van der Waals surface area contributed by atoms with Crippen LogP contribution < -0.4 is 10.1 Å². The minimum absolute atomic E-state index is 0.0842. The van der Waals surface area contributed by atoms with Gasteiger partial charge in [-0.3, -0.25) is 4.79 Å². The number of benzene rings is 3. The molecule has 0 fully saturated rings. The van der Waals surface area contributed by atoms with Crippen LogP contribution in [0.3, 0.4) is 0 Å². The highest BCUT2D eigenvalue weighted by atomic mass is 32.2. The van der Waals surface area contributed by atoms with Crippen LogP contribution in [0.15, 0.2) is 66.7 Å². The molecule has 0 aliphatic carbocycles. The van der Waals surface area contributed by atoms with Gasteiger partial charge >= 0.3 is 0 Å². The summed E-state index contributed by atoms with van der Waals surface area (Å²) in [7, 11) is 0. The topological polar surface area (TPSA) is 38.3 Å². The van der Waals surface area contributed by atoms with Crippen LogP contribution >= 0.6 is 11.8 Å². The Morgan fingerprint density at radius 1 is 1.07 bits per heavy atom. The van der Waals surface area contributed by atoms with Gasteiger partial charge in [0.05, 0.1) is 0 Å². The first-order valence-corrected chi connectivity index (χ1v) is 10.3. The molecule has 27 heavy (non-hydrogen) atoms. The molecule has 3 rings (SSSR count). The van der Waals surface area contributed by atoms with E-state index in [1.54, 1.807) is 6.92 Å². The van der Waals surface area contributed by atoms with Gasteiger partial charge in [0.25, 0.3) is 5.91 Å². The lowest BCUT2D eigenvalue weighted by atomic mass is 10.1. The van der Waals surface area contributed by atoms with Crippen molar-refractivity contribution in [3.8, 4) is 5.75 Å². The summed E-state index contributed by atoms with van der Waals surface area (Å²) in [5, 5.41) is 5.09. The zero-order chi connectivity index (χ0) is 19.1. The molecule has 0 saturated heterocycles. The number of fused-ring (bicyclic) bond motifs is 1. The average Bonchev–Trinajstić information content (AvgIpc) is 2.68. The monoisotopic (exact) mass is 379 g/mol. The first kappa shape index (κ1) is 19.3. The average molecular weight is 380 g/mol. The zero-order valence-corrected chi connectivity index (χ0v) is 16.6. The summed E-state index contributed by atoms with van der Waals surface area (Å²) in [6, 6.07) is 22.4. The Balaban J connectivity index is 1.44. The highest BCUT2D eigenvalue weighted by Crippen LogP contribution is 2.26. The Morgan fingerprint density at radius 2 is 1.85 bits per heavy atom. The van der Waals surface area contributed by atoms with Crippen molar-refractivity contribution in [2.24, 2.45) is 0 Å². The first-order valence-electron chi connectivity index (χ1n) is 9.19. The van der Waals surface area contributed by atoms with Gasteiger partial charge in [-0.25, -0.2) is 0 Å². The molecule has 3 nitrogen and oxygen atoms in total. The van der Waals surface area contributed by atoms with Crippen molar-refractivity contribution in [3.63, 3.8) is 0 Å². The number of nitrogens with one attached hydrogen (secondary N) is 1. The quantitative estimate of drug-likeness (QED) is 0.562. The van der Waals surface area contributed by atoms with E-state index in [4.69, 9.17) is 4.74 Å². The number of hydrogen-bond donors (Lipinski definition) is 1. The van der Waals surface area contributed by atoms with Gasteiger partial charge in [0.15, 0.2) is 6.10 Å². The minimum Gasteiger partial charge on any atom is -0.480 e. The number of thioether (sulfide) groups is 1. The Morgan fingerprint density at radius 3 is 2.70 bits per heavy atom. The molecule has 1 atom stereocenters. The maximum absolute atomic E-state index is 12.3. The summed E-state index contributed by atoms with van der Waals surface area (Å²) in [4.78, 5) is 12.3. The second-order valence-electron chi connectivity index (χ2n) is 6.57. The fourth-order valence-corrected chi connectivity index (χ4v) is 3.73. The lowest BCUT2D eigenvalue weighted by molar-refractivity contribution is -0.127. The third-order valence-electron chi connectivity index (χ3n) is 4.32. The van der Waals surface area contributed by atoms with Gasteiger partial charge < -0.3 is 10.1 Å². The van der Waals surface area contributed by atoms with Crippen LogP contribution in [0.5, 0.6) is 5.75 Å². The highest BCUT2D eigenvalue weighted by Gasteiger charge is 2.15. The number of ether oxygens (including phenoxy) is 1. The lowest BCUT2D eigenvalue weighted by Gasteiger charge is -2.16. The maximum Gasteiger partial charge on any atom is 0.260 e. The summed E-state index contributed by atoms with van der Waals surface area (Å²) in [5.41, 5.74) is 2.60. The zero-order valence-electron chi connectivity index (χ0n) is 15.8. The van der Waals surface area contributed by atoms with Crippen molar-refractivity contribution < 1.29 is 9.53 Å². The van der Waals surface area contributed by atoms with Crippen LogP contribution in [-0.4, -0.2) is 24.3 Å². The summed E-state index contributed by atoms with van der Waals surface area (Å²) < 4.78 is 5.91. The van der Waals surface area contributed by atoms with E-state index < -0.39 is 6.10 Å². The predicted molar refractivity (Wildman–Crippen MR) is 114 cm³/mol. The van der Waals surface area contributed by atoms with Crippen molar-refractivity contribution >= 4 is 28.4 Å². The van der Waals surface area contributed by atoms with Crippen LogP contribution in [-0.2, 0) is 10.5 Å². The first-order chi connectivity index (χ1) is 13.1. The Hall–Kier alpha value is -2.46. The van der Waals surface area contributed by atoms with Gasteiger partial charge in [-0.15, -0.1) is 0 Å². The molecule has 1 amide bonds. The minimum atomic E-state index is -0.530. The van der Waals surface area contributed by atoms with Gasteiger partial charge in [-0.2, -0.15) is 11.8 Å². The summed E-state index contributed by atoms with van der Waals surface area (Å²) in [6.07, 6.45) is -0.530. The largest absolute Gasteiger partial charge is 0.480 e. The molecule has 0 saturated carbocycles. The molecule has 0 bridgehead atoms. The van der Waals surface area contributed by atoms with E-state index in [1.165, 1.54) is 11.1 Å². The Labute approximate surface area is 165 Å². The summed E-state index contributed by atoms with van der Waals surface area (Å²) in [6.45, 7) is 4.53. The molecule has 0 radical (unpaired) electrons. The number of amides is 1. The van der Waals surface area contributed by atoms with E-state index in [2.05, 4.69) is 36.5 Å². The van der Waals surface area contributed by atoms with E-state index >= 15 is 0 Å². The molecular formula is C23H25NO2S. The second kappa shape index (κ2) is 9.47. The molecule has 0 aliphatic rings.